The van der Waals surface area contributed by atoms with Crippen molar-refractivity contribution in [3.05, 3.63) is 59.4 Å². The second kappa shape index (κ2) is 8.10. The van der Waals surface area contributed by atoms with E-state index in [0.29, 0.717) is 18.7 Å². The van der Waals surface area contributed by atoms with E-state index in [2.05, 4.69) is 36.0 Å². The van der Waals surface area contributed by atoms with Crippen molar-refractivity contribution in [3.8, 4) is 0 Å². The Balaban J connectivity index is 1.77. The molecule has 0 aliphatic carbocycles. The van der Waals surface area contributed by atoms with Gasteiger partial charge in [-0.15, -0.1) is 0 Å². The summed E-state index contributed by atoms with van der Waals surface area (Å²) in [5.41, 5.74) is 2.44. The maximum Gasteiger partial charge on any atom is 0.274 e. The number of amides is 2. The molecule has 1 saturated heterocycles. The average molecular weight is 380 g/mol. The maximum atomic E-state index is 12.8. The first-order valence-electron chi connectivity index (χ1n) is 9.60. The lowest BCUT2D eigenvalue weighted by Crippen LogP contribution is -2.47. The number of benzene rings is 1. The van der Waals surface area contributed by atoms with Crippen molar-refractivity contribution < 1.29 is 9.59 Å². The molecule has 2 aromatic rings. The van der Waals surface area contributed by atoms with E-state index >= 15 is 0 Å². The van der Waals surface area contributed by atoms with Crippen molar-refractivity contribution in [2.45, 2.75) is 26.2 Å². The van der Waals surface area contributed by atoms with Crippen LogP contribution in [0, 0.1) is 0 Å². The fourth-order valence-electron chi connectivity index (χ4n) is 3.31. The van der Waals surface area contributed by atoms with Gasteiger partial charge in [-0.05, 0) is 36.2 Å². The lowest BCUT2D eigenvalue weighted by Gasteiger charge is -2.32. The molecule has 1 aliphatic rings. The molecule has 0 spiro atoms. The molecule has 1 aromatic heterocycles. The summed E-state index contributed by atoms with van der Waals surface area (Å²) >= 11 is 0. The Kier molecular flexibility index (Phi) is 5.79. The molecule has 2 amide bonds. The highest BCUT2D eigenvalue weighted by Gasteiger charge is 2.22. The highest BCUT2D eigenvalue weighted by atomic mass is 16.2. The third kappa shape index (κ3) is 4.57. The Morgan fingerprint density at radius 3 is 2.39 bits per heavy atom. The van der Waals surface area contributed by atoms with Gasteiger partial charge < -0.3 is 15.1 Å². The van der Waals surface area contributed by atoms with Crippen molar-refractivity contribution in [1.29, 1.82) is 0 Å². The van der Waals surface area contributed by atoms with Crippen molar-refractivity contribution >= 4 is 17.5 Å². The summed E-state index contributed by atoms with van der Waals surface area (Å²) in [6.45, 7) is 9.40. The van der Waals surface area contributed by atoms with Crippen LogP contribution in [-0.4, -0.2) is 59.8 Å². The molecule has 0 bridgehead atoms. The topological polar surface area (TPSA) is 65.5 Å². The maximum absolute atomic E-state index is 12.8. The van der Waals surface area contributed by atoms with E-state index in [1.54, 1.807) is 12.1 Å². The molecule has 6 heteroatoms. The Hall–Kier alpha value is -2.73. The van der Waals surface area contributed by atoms with E-state index in [-0.39, 0.29) is 22.9 Å². The van der Waals surface area contributed by atoms with E-state index in [0.717, 1.165) is 24.3 Å². The Morgan fingerprint density at radius 1 is 1.04 bits per heavy atom. The first kappa shape index (κ1) is 20.0. The van der Waals surface area contributed by atoms with Gasteiger partial charge >= 0.3 is 0 Å². The standard InChI is InChI=1S/C22H28N4O2/c1-22(2,3)17-7-5-6-8-18(17)24-20(27)19-15-16(9-10-23-19)21(28)26-13-11-25(4)12-14-26/h5-10,15H,11-14H2,1-4H3,(H,24,27). The fraction of sp³-hybridized carbons (Fsp3) is 0.409. The van der Waals surface area contributed by atoms with Crippen LogP contribution in [-0.2, 0) is 5.41 Å². The SMILES string of the molecule is CN1CCN(C(=O)c2ccnc(C(=O)Nc3ccccc3C(C)(C)C)c2)CC1. The van der Waals surface area contributed by atoms with Gasteiger partial charge in [0.25, 0.3) is 11.8 Å². The second-order valence-corrected chi connectivity index (χ2v) is 8.27. The minimum absolute atomic E-state index is 0.0559. The number of para-hydroxylation sites is 1. The molecular weight excluding hydrogens is 352 g/mol. The van der Waals surface area contributed by atoms with Gasteiger partial charge in [0.05, 0.1) is 0 Å². The Morgan fingerprint density at radius 2 is 1.71 bits per heavy atom. The first-order valence-corrected chi connectivity index (χ1v) is 9.60. The number of carbonyl (C=O) groups excluding carboxylic acids is 2. The van der Waals surface area contributed by atoms with E-state index in [1.165, 1.54) is 6.20 Å². The third-order valence-electron chi connectivity index (χ3n) is 5.01. The predicted molar refractivity (Wildman–Crippen MR) is 111 cm³/mol. The second-order valence-electron chi connectivity index (χ2n) is 8.27. The summed E-state index contributed by atoms with van der Waals surface area (Å²) in [4.78, 5) is 33.8. The molecule has 6 nitrogen and oxygen atoms in total. The number of rotatable bonds is 3. The summed E-state index contributed by atoms with van der Waals surface area (Å²) < 4.78 is 0. The van der Waals surface area contributed by atoms with Gasteiger partial charge in [-0.1, -0.05) is 39.0 Å². The number of nitrogens with one attached hydrogen (secondary N) is 1. The number of pyridine rings is 1. The number of likely N-dealkylation sites (N-methyl/N-ethyl adjacent to an activating group) is 1. The van der Waals surface area contributed by atoms with Gasteiger partial charge in [-0.3, -0.25) is 14.6 Å². The van der Waals surface area contributed by atoms with E-state index < -0.39 is 0 Å². The van der Waals surface area contributed by atoms with Gasteiger partial charge in [0, 0.05) is 43.6 Å². The van der Waals surface area contributed by atoms with E-state index in [1.807, 2.05) is 36.2 Å². The van der Waals surface area contributed by atoms with Crippen LogP contribution in [0.25, 0.3) is 0 Å². The molecule has 2 heterocycles. The Labute approximate surface area is 166 Å². The van der Waals surface area contributed by atoms with Crippen LogP contribution in [0.15, 0.2) is 42.6 Å². The molecule has 0 saturated carbocycles. The van der Waals surface area contributed by atoms with Crippen molar-refractivity contribution in [1.82, 2.24) is 14.8 Å². The van der Waals surface area contributed by atoms with Gasteiger partial charge in [0.15, 0.2) is 0 Å². The molecule has 0 atom stereocenters. The lowest BCUT2D eigenvalue weighted by molar-refractivity contribution is 0.0664. The van der Waals surface area contributed by atoms with Crippen LogP contribution in [0.1, 0.15) is 47.2 Å². The summed E-state index contributed by atoms with van der Waals surface area (Å²) in [6, 6.07) is 11.0. The van der Waals surface area contributed by atoms with Crippen LogP contribution in [0.3, 0.4) is 0 Å². The summed E-state index contributed by atoms with van der Waals surface area (Å²) in [7, 11) is 2.05. The van der Waals surface area contributed by atoms with Crippen LogP contribution in [0.5, 0.6) is 0 Å². The molecule has 28 heavy (non-hydrogen) atoms. The zero-order valence-corrected chi connectivity index (χ0v) is 17.0. The molecule has 0 unspecified atom stereocenters. The lowest BCUT2D eigenvalue weighted by atomic mass is 9.86. The molecule has 1 aliphatic heterocycles. The van der Waals surface area contributed by atoms with Gasteiger partial charge in [0.2, 0.25) is 0 Å². The van der Waals surface area contributed by atoms with Crippen LogP contribution >= 0.6 is 0 Å². The van der Waals surface area contributed by atoms with E-state index in [4.69, 9.17) is 0 Å². The van der Waals surface area contributed by atoms with Crippen LogP contribution < -0.4 is 5.32 Å². The van der Waals surface area contributed by atoms with Crippen molar-refractivity contribution in [2.75, 3.05) is 38.5 Å². The quantitative estimate of drug-likeness (QED) is 0.889. The monoisotopic (exact) mass is 380 g/mol. The van der Waals surface area contributed by atoms with Crippen molar-refractivity contribution in [3.63, 3.8) is 0 Å². The predicted octanol–water partition coefficient (Wildman–Crippen LogP) is 3.02. The largest absolute Gasteiger partial charge is 0.336 e. The normalized spacial score (nSPS) is 15.4. The number of nitrogens with zero attached hydrogens (tertiary/aromatic N) is 3. The minimum Gasteiger partial charge on any atom is -0.336 e. The fourth-order valence-corrected chi connectivity index (χ4v) is 3.31. The van der Waals surface area contributed by atoms with Crippen LogP contribution in [0.2, 0.25) is 0 Å². The van der Waals surface area contributed by atoms with E-state index in [9.17, 15) is 9.59 Å². The number of anilines is 1. The summed E-state index contributed by atoms with van der Waals surface area (Å²) in [6.07, 6.45) is 1.52. The minimum atomic E-state index is -0.315. The first-order chi connectivity index (χ1) is 13.3. The number of piperazine rings is 1. The molecule has 1 aromatic carbocycles. The zero-order chi connectivity index (χ0) is 20.3. The average Bonchev–Trinajstić information content (AvgIpc) is 2.68. The summed E-state index contributed by atoms with van der Waals surface area (Å²) in [5.74, 6) is -0.371. The Bertz CT molecular complexity index is 865. The molecule has 148 valence electrons. The van der Waals surface area contributed by atoms with Gasteiger partial charge in [-0.25, -0.2) is 0 Å². The number of carbonyl (C=O) groups is 2. The van der Waals surface area contributed by atoms with Gasteiger partial charge in [0.1, 0.15) is 5.69 Å². The number of aromatic nitrogens is 1. The number of hydrogen-bond acceptors (Lipinski definition) is 4. The smallest absolute Gasteiger partial charge is 0.274 e. The van der Waals surface area contributed by atoms with Gasteiger partial charge in [-0.2, -0.15) is 0 Å². The molecular formula is C22H28N4O2. The molecule has 3 rings (SSSR count). The van der Waals surface area contributed by atoms with Crippen molar-refractivity contribution in [2.24, 2.45) is 0 Å². The molecule has 0 radical (unpaired) electrons. The number of hydrogen-bond donors (Lipinski definition) is 1. The third-order valence-corrected chi connectivity index (χ3v) is 5.01. The molecule has 1 fully saturated rings. The molecule has 1 N–H and O–H groups in total. The summed E-state index contributed by atoms with van der Waals surface area (Å²) in [5, 5.41) is 2.95. The zero-order valence-electron chi connectivity index (χ0n) is 17.0. The van der Waals surface area contributed by atoms with Crippen LogP contribution in [0.4, 0.5) is 5.69 Å². The highest BCUT2D eigenvalue weighted by molar-refractivity contribution is 6.05. The highest BCUT2D eigenvalue weighted by Crippen LogP contribution is 2.29.